The second-order valence-corrected chi connectivity index (χ2v) is 6.47. The zero-order valence-electron chi connectivity index (χ0n) is 14.0. The number of amides is 1. The van der Waals surface area contributed by atoms with Crippen LogP contribution in [0.15, 0.2) is 48.5 Å². The van der Waals surface area contributed by atoms with Crippen molar-refractivity contribution in [2.75, 3.05) is 13.2 Å². The molecule has 0 spiro atoms. The van der Waals surface area contributed by atoms with E-state index in [0.29, 0.717) is 17.9 Å². The quantitative estimate of drug-likeness (QED) is 0.381. The lowest BCUT2D eigenvalue weighted by Gasteiger charge is -2.15. The van der Waals surface area contributed by atoms with Crippen molar-refractivity contribution < 1.29 is 24.3 Å². The van der Waals surface area contributed by atoms with Gasteiger partial charge in [-0.15, -0.1) is 0 Å². The smallest absolute Gasteiger partial charge is 0.327 e. The number of carbonyl (C=O) groups excluding carboxylic acids is 1. The van der Waals surface area contributed by atoms with Crippen molar-refractivity contribution in [1.82, 2.24) is 5.06 Å². The van der Waals surface area contributed by atoms with Gasteiger partial charge in [-0.25, -0.2) is 5.06 Å². The fourth-order valence-corrected chi connectivity index (χ4v) is 2.58. The van der Waals surface area contributed by atoms with Crippen molar-refractivity contribution in [2.24, 2.45) is 0 Å². The maximum Gasteiger partial charge on any atom is 0.327 e. The van der Waals surface area contributed by atoms with Gasteiger partial charge in [0, 0.05) is 6.54 Å². The summed E-state index contributed by atoms with van der Waals surface area (Å²) in [7, 11) is -2.59. The topological polar surface area (TPSA) is 90.2 Å². The van der Waals surface area contributed by atoms with Gasteiger partial charge in [0.25, 0.3) is 5.91 Å². The van der Waals surface area contributed by atoms with Crippen molar-refractivity contribution in [3.8, 4) is 11.1 Å². The Bertz CT molecular complexity index is 673. The van der Waals surface area contributed by atoms with Crippen LogP contribution in [0.4, 0.5) is 0 Å². The highest BCUT2D eigenvalue weighted by Crippen LogP contribution is 2.23. The lowest BCUT2D eigenvalue weighted by molar-refractivity contribution is -0.167. The van der Waals surface area contributed by atoms with Gasteiger partial charge in [-0.1, -0.05) is 54.1 Å². The summed E-state index contributed by atoms with van der Waals surface area (Å²) in [5, 5.41) is 10.1. The maximum absolute atomic E-state index is 11.5. The molecule has 0 radical (unpaired) electrons. The molecule has 25 heavy (non-hydrogen) atoms. The van der Waals surface area contributed by atoms with E-state index >= 15 is 0 Å². The number of nitrogens with zero attached hydrogens (tertiary/aromatic N) is 1. The SMILES string of the molecule is Cc1ccc(-c2ccc(CCCN(O)C(=O)COP(O)O)cc2)cc1. The molecule has 6 nitrogen and oxygen atoms in total. The van der Waals surface area contributed by atoms with E-state index in [1.807, 2.05) is 12.1 Å². The standard InChI is InChI=1S/C18H22NO5P/c1-14-4-8-16(9-5-14)17-10-6-15(7-11-17)3-2-12-19(21)18(20)13-24-25(22)23/h4-11,21-23H,2-3,12-13H2,1H3. The average Bonchev–Trinajstić information content (AvgIpc) is 2.61. The van der Waals surface area contributed by atoms with Gasteiger partial charge in [-0.05, 0) is 36.5 Å². The third-order valence-corrected chi connectivity index (χ3v) is 4.13. The normalized spacial score (nSPS) is 10.9. The summed E-state index contributed by atoms with van der Waals surface area (Å²) in [4.78, 5) is 28.6. The number of rotatable bonds is 8. The molecule has 134 valence electrons. The molecule has 0 aromatic heterocycles. The van der Waals surface area contributed by atoms with E-state index in [4.69, 9.17) is 9.79 Å². The van der Waals surface area contributed by atoms with E-state index in [-0.39, 0.29) is 6.54 Å². The predicted molar refractivity (Wildman–Crippen MR) is 95.7 cm³/mol. The number of hydroxylamine groups is 2. The average molecular weight is 363 g/mol. The van der Waals surface area contributed by atoms with Crippen molar-refractivity contribution >= 4 is 14.5 Å². The molecule has 7 heteroatoms. The molecule has 0 atom stereocenters. The van der Waals surface area contributed by atoms with Crippen LogP contribution in [-0.2, 0) is 15.7 Å². The van der Waals surface area contributed by atoms with Gasteiger partial charge in [0.05, 0.1) is 0 Å². The van der Waals surface area contributed by atoms with E-state index in [9.17, 15) is 10.0 Å². The van der Waals surface area contributed by atoms with E-state index in [0.717, 1.165) is 16.7 Å². The van der Waals surface area contributed by atoms with Gasteiger partial charge in [-0.2, -0.15) is 0 Å². The van der Waals surface area contributed by atoms with Crippen LogP contribution in [-0.4, -0.2) is 39.1 Å². The van der Waals surface area contributed by atoms with E-state index in [2.05, 4.69) is 47.8 Å². The van der Waals surface area contributed by atoms with Crippen LogP contribution < -0.4 is 0 Å². The first-order valence-corrected chi connectivity index (χ1v) is 9.08. The van der Waals surface area contributed by atoms with Crippen LogP contribution in [0, 0.1) is 6.92 Å². The summed E-state index contributed by atoms with van der Waals surface area (Å²) >= 11 is 0. The Hall–Kier alpha value is -1.82. The molecule has 0 aliphatic carbocycles. The summed E-state index contributed by atoms with van der Waals surface area (Å²) < 4.78 is 4.38. The first-order valence-electron chi connectivity index (χ1n) is 7.92. The fraction of sp³-hybridized carbons (Fsp3) is 0.278. The van der Waals surface area contributed by atoms with Gasteiger partial charge in [0.15, 0.2) is 0 Å². The van der Waals surface area contributed by atoms with E-state index in [1.165, 1.54) is 5.56 Å². The molecular formula is C18H22NO5P. The third kappa shape index (κ3) is 6.53. The number of aryl methyl sites for hydroxylation is 2. The number of carbonyl (C=O) groups is 1. The van der Waals surface area contributed by atoms with Crippen LogP contribution in [0.3, 0.4) is 0 Å². The van der Waals surface area contributed by atoms with E-state index < -0.39 is 21.1 Å². The zero-order valence-corrected chi connectivity index (χ0v) is 14.9. The highest BCUT2D eigenvalue weighted by Gasteiger charge is 2.13. The number of benzene rings is 2. The van der Waals surface area contributed by atoms with Gasteiger partial charge < -0.3 is 14.3 Å². The molecule has 3 N–H and O–H groups in total. The highest BCUT2D eigenvalue weighted by molar-refractivity contribution is 7.39. The monoisotopic (exact) mass is 363 g/mol. The second kappa shape index (κ2) is 9.61. The maximum atomic E-state index is 11.5. The second-order valence-electron chi connectivity index (χ2n) is 5.71. The molecule has 0 aliphatic heterocycles. The Morgan fingerprint density at radius 3 is 2.16 bits per heavy atom. The molecular weight excluding hydrogens is 341 g/mol. The highest BCUT2D eigenvalue weighted by atomic mass is 31.2. The summed E-state index contributed by atoms with van der Waals surface area (Å²) in [6.07, 6.45) is 1.30. The molecule has 1 amide bonds. The minimum absolute atomic E-state index is 0.149. The van der Waals surface area contributed by atoms with Gasteiger partial charge in [0.2, 0.25) is 0 Å². The minimum Gasteiger partial charge on any atom is -0.328 e. The Morgan fingerprint density at radius 2 is 1.60 bits per heavy atom. The Kier molecular flexibility index (Phi) is 7.50. The molecule has 2 aromatic carbocycles. The lowest BCUT2D eigenvalue weighted by atomic mass is 10.0. The first kappa shape index (κ1) is 19.5. The Labute approximate surface area is 148 Å². The number of hydrogen-bond acceptors (Lipinski definition) is 5. The molecule has 0 aliphatic rings. The molecule has 0 bridgehead atoms. The molecule has 0 unspecified atom stereocenters. The van der Waals surface area contributed by atoms with Crippen molar-refractivity contribution in [3.63, 3.8) is 0 Å². The summed E-state index contributed by atoms with van der Waals surface area (Å²) in [6.45, 7) is 1.65. The number of hydrogen-bond donors (Lipinski definition) is 3. The minimum atomic E-state index is -2.59. The van der Waals surface area contributed by atoms with Crippen LogP contribution >= 0.6 is 8.60 Å². The summed E-state index contributed by atoms with van der Waals surface area (Å²) in [5.74, 6) is -0.703. The summed E-state index contributed by atoms with van der Waals surface area (Å²) in [5.41, 5.74) is 4.65. The molecule has 0 saturated carbocycles. The molecule has 0 saturated heterocycles. The third-order valence-electron chi connectivity index (χ3n) is 3.77. The lowest BCUT2D eigenvalue weighted by Crippen LogP contribution is -2.31. The first-order chi connectivity index (χ1) is 12.0. The molecule has 2 aromatic rings. The van der Waals surface area contributed by atoms with Crippen LogP contribution in [0.1, 0.15) is 17.5 Å². The molecule has 0 fully saturated rings. The van der Waals surface area contributed by atoms with E-state index in [1.54, 1.807) is 0 Å². The van der Waals surface area contributed by atoms with Gasteiger partial charge in [0.1, 0.15) is 6.61 Å². The Balaban J connectivity index is 1.79. The Morgan fingerprint density at radius 1 is 1.04 bits per heavy atom. The van der Waals surface area contributed by atoms with Crippen LogP contribution in [0.25, 0.3) is 11.1 Å². The summed E-state index contributed by atoms with van der Waals surface area (Å²) in [6, 6.07) is 16.5. The van der Waals surface area contributed by atoms with Gasteiger partial charge >= 0.3 is 8.60 Å². The molecule has 2 rings (SSSR count). The van der Waals surface area contributed by atoms with Crippen molar-refractivity contribution in [3.05, 3.63) is 59.7 Å². The zero-order chi connectivity index (χ0) is 18.2. The van der Waals surface area contributed by atoms with Gasteiger partial charge in [-0.3, -0.25) is 10.0 Å². The fourth-order valence-electron chi connectivity index (χ4n) is 2.35. The van der Waals surface area contributed by atoms with Crippen LogP contribution in [0.5, 0.6) is 0 Å². The molecule has 0 heterocycles. The largest absolute Gasteiger partial charge is 0.328 e. The van der Waals surface area contributed by atoms with Crippen LogP contribution in [0.2, 0.25) is 0 Å². The van der Waals surface area contributed by atoms with Crippen molar-refractivity contribution in [1.29, 1.82) is 0 Å². The predicted octanol–water partition coefficient (Wildman–Crippen LogP) is 3.04. The van der Waals surface area contributed by atoms with Crippen molar-refractivity contribution in [2.45, 2.75) is 19.8 Å².